The highest BCUT2D eigenvalue weighted by Crippen LogP contribution is 2.50. The first kappa shape index (κ1) is 25.7. The number of aryl methyl sites for hydroxylation is 1. The van der Waals surface area contributed by atoms with Gasteiger partial charge in [0.05, 0.1) is 11.3 Å². The molecule has 0 spiro atoms. The minimum absolute atomic E-state index is 0.0396. The van der Waals surface area contributed by atoms with Crippen LogP contribution in [0.25, 0.3) is 11.1 Å². The number of hydrogen-bond acceptors (Lipinski definition) is 5. The van der Waals surface area contributed by atoms with Gasteiger partial charge in [-0.3, -0.25) is 4.72 Å². The van der Waals surface area contributed by atoms with Crippen LogP contribution in [-0.4, -0.2) is 25.1 Å². The SMILES string of the molecule is Cc1ccc(-c2c(C)c3c(c(C)c2[C@H](OC(C)(C)C)C(=O)O)NS(=O)(=O)c2c(F)cccc2O3)cc1. The van der Waals surface area contributed by atoms with E-state index in [1.807, 2.05) is 31.2 Å². The predicted molar refractivity (Wildman–Crippen MR) is 135 cm³/mol. The van der Waals surface area contributed by atoms with Crippen LogP contribution in [0.1, 0.15) is 49.1 Å². The molecular weight excluding hydrogens is 485 g/mol. The van der Waals surface area contributed by atoms with Crippen molar-refractivity contribution in [3.8, 4) is 22.6 Å². The molecule has 0 aliphatic carbocycles. The second-order valence-corrected chi connectivity index (χ2v) is 11.5. The highest BCUT2D eigenvalue weighted by atomic mass is 32.2. The fourth-order valence-electron chi connectivity index (χ4n) is 4.38. The van der Waals surface area contributed by atoms with Gasteiger partial charge in [0, 0.05) is 11.1 Å². The van der Waals surface area contributed by atoms with Crippen LogP contribution in [-0.2, 0) is 19.6 Å². The van der Waals surface area contributed by atoms with Crippen LogP contribution in [0.4, 0.5) is 10.1 Å². The van der Waals surface area contributed by atoms with Crippen LogP contribution in [0.5, 0.6) is 11.5 Å². The Kier molecular flexibility index (Phi) is 6.34. The molecule has 0 saturated carbocycles. The highest BCUT2D eigenvalue weighted by molar-refractivity contribution is 7.92. The summed E-state index contributed by atoms with van der Waals surface area (Å²) in [4.78, 5) is 11.9. The fraction of sp³-hybridized carbons (Fsp3) is 0.296. The van der Waals surface area contributed by atoms with Gasteiger partial charge in [-0.25, -0.2) is 17.6 Å². The number of hydrogen-bond donors (Lipinski definition) is 2. The van der Waals surface area contributed by atoms with Crippen molar-refractivity contribution in [3.05, 3.63) is 70.5 Å². The fourth-order valence-corrected chi connectivity index (χ4v) is 5.69. The molecule has 3 aromatic rings. The predicted octanol–water partition coefficient (Wildman–Crippen LogP) is 6.27. The van der Waals surface area contributed by atoms with Crippen molar-refractivity contribution in [2.45, 2.75) is 58.1 Å². The van der Waals surface area contributed by atoms with E-state index in [0.717, 1.165) is 11.6 Å². The molecule has 2 N–H and O–H groups in total. The monoisotopic (exact) mass is 513 g/mol. The van der Waals surface area contributed by atoms with Gasteiger partial charge in [0.25, 0.3) is 10.0 Å². The minimum atomic E-state index is -4.38. The Hall–Kier alpha value is -3.43. The van der Waals surface area contributed by atoms with Gasteiger partial charge < -0.3 is 14.6 Å². The molecule has 3 aromatic carbocycles. The van der Waals surface area contributed by atoms with Gasteiger partial charge >= 0.3 is 5.97 Å². The zero-order chi connectivity index (χ0) is 26.6. The standard InChI is InChI=1S/C27H28FNO6S/c1-14-10-12-17(13-11-14)20-16(3)23-22(15(2)21(20)24(26(30)31)35-27(4,5)6)29-36(32,33)25-18(28)8-7-9-19(25)34-23/h7-13,24,29H,1-6H3,(H,30,31)/t24-/m0/s1. The number of benzene rings is 3. The van der Waals surface area contributed by atoms with E-state index in [1.54, 1.807) is 34.6 Å². The maximum Gasteiger partial charge on any atom is 0.337 e. The summed E-state index contributed by atoms with van der Waals surface area (Å²) in [6.45, 7) is 10.5. The van der Waals surface area contributed by atoms with Crippen molar-refractivity contribution in [2.24, 2.45) is 0 Å². The Morgan fingerprint density at radius 3 is 2.28 bits per heavy atom. The van der Waals surface area contributed by atoms with Gasteiger partial charge in [-0.15, -0.1) is 0 Å². The quantitative estimate of drug-likeness (QED) is 0.427. The molecule has 190 valence electrons. The van der Waals surface area contributed by atoms with Gasteiger partial charge in [-0.1, -0.05) is 35.9 Å². The number of carboxylic acid groups (broad SMARTS) is 1. The largest absolute Gasteiger partial charge is 0.479 e. The Morgan fingerprint density at radius 2 is 1.69 bits per heavy atom. The number of anilines is 1. The Labute approximate surface area is 209 Å². The van der Waals surface area contributed by atoms with Crippen molar-refractivity contribution in [2.75, 3.05) is 4.72 Å². The average molecular weight is 514 g/mol. The molecule has 4 rings (SSSR count). The number of fused-ring (bicyclic) bond motifs is 2. The second kappa shape index (κ2) is 8.90. The molecule has 0 saturated heterocycles. The van der Waals surface area contributed by atoms with E-state index in [9.17, 15) is 22.7 Å². The van der Waals surface area contributed by atoms with Crippen LogP contribution in [0.15, 0.2) is 47.4 Å². The third-order valence-electron chi connectivity index (χ3n) is 5.94. The molecule has 9 heteroatoms. The highest BCUT2D eigenvalue weighted by Gasteiger charge is 2.37. The number of sulfonamides is 1. The smallest absolute Gasteiger partial charge is 0.337 e. The van der Waals surface area contributed by atoms with Gasteiger partial charge in [0.15, 0.2) is 22.5 Å². The summed E-state index contributed by atoms with van der Waals surface area (Å²) in [5.41, 5.74) is 2.56. The van der Waals surface area contributed by atoms with Crippen molar-refractivity contribution in [1.29, 1.82) is 0 Å². The van der Waals surface area contributed by atoms with Crippen molar-refractivity contribution >= 4 is 21.7 Å². The van der Waals surface area contributed by atoms with Crippen LogP contribution in [0.2, 0.25) is 0 Å². The molecule has 0 aromatic heterocycles. The van der Waals surface area contributed by atoms with Crippen LogP contribution in [0, 0.1) is 26.6 Å². The van der Waals surface area contributed by atoms with Crippen molar-refractivity contribution in [3.63, 3.8) is 0 Å². The van der Waals surface area contributed by atoms with Gasteiger partial charge in [0.1, 0.15) is 5.82 Å². The molecule has 1 atom stereocenters. The molecule has 7 nitrogen and oxygen atoms in total. The van der Waals surface area contributed by atoms with E-state index in [2.05, 4.69) is 4.72 Å². The van der Waals surface area contributed by atoms with E-state index < -0.39 is 38.4 Å². The lowest BCUT2D eigenvalue weighted by Gasteiger charge is -2.30. The number of aliphatic carboxylic acids is 1. The lowest BCUT2D eigenvalue weighted by molar-refractivity contribution is -0.160. The third-order valence-corrected chi connectivity index (χ3v) is 7.34. The van der Waals surface area contributed by atoms with E-state index in [0.29, 0.717) is 22.3 Å². The zero-order valence-electron chi connectivity index (χ0n) is 20.9. The topological polar surface area (TPSA) is 102 Å². The van der Waals surface area contributed by atoms with Gasteiger partial charge in [-0.2, -0.15) is 0 Å². The van der Waals surface area contributed by atoms with Crippen molar-refractivity contribution in [1.82, 2.24) is 0 Å². The van der Waals surface area contributed by atoms with Gasteiger partial charge in [0.2, 0.25) is 0 Å². The van der Waals surface area contributed by atoms with E-state index in [1.165, 1.54) is 12.1 Å². The summed E-state index contributed by atoms with van der Waals surface area (Å²) in [5.74, 6) is -2.18. The molecule has 0 fully saturated rings. The number of ether oxygens (including phenoxy) is 2. The Morgan fingerprint density at radius 1 is 1.06 bits per heavy atom. The average Bonchev–Trinajstić information content (AvgIpc) is 2.89. The molecule has 0 radical (unpaired) electrons. The molecule has 0 amide bonds. The van der Waals surface area contributed by atoms with E-state index in [4.69, 9.17) is 9.47 Å². The number of nitrogens with one attached hydrogen (secondary N) is 1. The van der Waals surface area contributed by atoms with E-state index in [-0.39, 0.29) is 22.7 Å². The molecule has 1 aliphatic heterocycles. The normalized spacial score (nSPS) is 15.1. The summed E-state index contributed by atoms with van der Waals surface area (Å²) in [6, 6.07) is 11.3. The summed E-state index contributed by atoms with van der Waals surface area (Å²) < 4.78 is 55.5. The minimum Gasteiger partial charge on any atom is -0.479 e. The summed E-state index contributed by atoms with van der Waals surface area (Å²) in [5, 5.41) is 10.2. The van der Waals surface area contributed by atoms with Crippen LogP contribution >= 0.6 is 0 Å². The summed E-state index contributed by atoms with van der Waals surface area (Å²) in [7, 11) is -4.38. The second-order valence-electron chi connectivity index (χ2n) is 9.83. The first-order valence-electron chi connectivity index (χ1n) is 11.3. The molecule has 1 heterocycles. The number of carbonyl (C=O) groups is 1. The number of carboxylic acids is 1. The zero-order valence-corrected chi connectivity index (χ0v) is 21.7. The Balaban J connectivity index is 2.11. The van der Waals surface area contributed by atoms with E-state index >= 15 is 0 Å². The molecule has 1 aliphatic rings. The summed E-state index contributed by atoms with van der Waals surface area (Å²) >= 11 is 0. The summed E-state index contributed by atoms with van der Waals surface area (Å²) in [6.07, 6.45) is -1.42. The Bertz CT molecular complexity index is 1470. The third kappa shape index (κ3) is 4.56. The first-order chi connectivity index (χ1) is 16.7. The lowest BCUT2D eigenvalue weighted by Crippen LogP contribution is -2.28. The lowest BCUT2D eigenvalue weighted by atomic mass is 9.86. The molecular formula is C27H28FNO6S. The molecule has 36 heavy (non-hydrogen) atoms. The number of halogens is 1. The van der Waals surface area contributed by atoms with Crippen LogP contribution in [0.3, 0.4) is 0 Å². The number of rotatable bonds is 4. The maximum absolute atomic E-state index is 14.7. The van der Waals surface area contributed by atoms with Gasteiger partial charge in [-0.05, 0) is 70.4 Å². The van der Waals surface area contributed by atoms with Crippen LogP contribution < -0.4 is 9.46 Å². The maximum atomic E-state index is 14.7. The first-order valence-corrected chi connectivity index (χ1v) is 12.8. The molecule has 0 unspecified atom stereocenters. The molecule has 0 bridgehead atoms. The van der Waals surface area contributed by atoms with Crippen molar-refractivity contribution < 1.29 is 32.2 Å².